The van der Waals surface area contributed by atoms with Crippen molar-refractivity contribution in [3.8, 4) is 0 Å². The topological polar surface area (TPSA) is 288 Å². The Hall–Kier alpha value is -4.47. The van der Waals surface area contributed by atoms with E-state index in [9.17, 15) is 53.3 Å². The molecule has 3 aliphatic heterocycles. The zero-order valence-corrected chi connectivity index (χ0v) is 43.1. The van der Waals surface area contributed by atoms with Crippen molar-refractivity contribution in [1.82, 2.24) is 5.06 Å². The molecule has 1 saturated heterocycles. The van der Waals surface area contributed by atoms with Crippen LogP contribution in [-0.4, -0.2) is 158 Å². The second kappa shape index (κ2) is 25.0. The molecule has 2 aromatic rings. The van der Waals surface area contributed by atoms with E-state index in [-0.39, 0.29) is 65.1 Å². The van der Waals surface area contributed by atoms with Crippen molar-refractivity contribution in [3.05, 3.63) is 70.9 Å². The number of allylic oxidation sites excluding steroid dienone is 4. The Morgan fingerprint density at radius 1 is 0.718 bits per heavy atom. The third-order valence-electron chi connectivity index (χ3n) is 12.7. The fourth-order valence-electron chi connectivity index (χ4n) is 9.05. The van der Waals surface area contributed by atoms with E-state index in [0.29, 0.717) is 103 Å². The molecule has 0 aliphatic carbocycles. The summed E-state index contributed by atoms with van der Waals surface area (Å²) in [6, 6.07) is 8.17. The average Bonchev–Trinajstić information content (AvgIpc) is 3.82. The molecule has 21 nitrogen and oxygen atoms in total. The Balaban J connectivity index is 1.54. The van der Waals surface area contributed by atoms with Crippen LogP contribution in [0.15, 0.2) is 69.6 Å². The maximum atomic E-state index is 12.6. The zero-order valence-electron chi connectivity index (χ0n) is 40.7. The van der Waals surface area contributed by atoms with Gasteiger partial charge in [-0.2, -0.15) is 4.58 Å². The highest BCUT2D eigenvalue weighted by atomic mass is 32.2. The smallest absolute Gasteiger partial charge is 0.333 e. The van der Waals surface area contributed by atoms with Gasteiger partial charge in [-0.3, -0.25) is 9.59 Å². The highest BCUT2D eigenvalue weighted by Crippen LogP contribution is 2.51. The summed E-state index contributed by atoms with van der Waals surface area (Å²) in [5, 5.41) is 0.499. The molecule has 1 fully saturated rings. The van der Waals surface area contributed by atoms with Crippen molar-refractivity contribution in [2.75, 3.05) is 90.8 Å². The summed E-state index contributed by atoms with van der Waals surface area (Å²) < 4.78 is 139. The molecule has 0 saturated carbocycles. The minimum atomic E-state index is -4.95. The first-order valence-corrected chi connectivity index (χ1v) is 27.6. The van der Waals surface area contributed by atoms with E-state index in [1.54, 1.807) is 20.1 Å². The van der Waals surface area contributed by atoms with Crippen LogP contribution in [0.25, 0.3) is 0 Å². The van der Waals surface area contributed by atoms with E-state index in [0.717, 1.165) is 0 Å². The summed E-state index contributed by atoms with van der Waals surface area (Å²) in [5.74, 6) is -2.61. The second-order valence-corrected chi connectivity index (χ2v) is 22.1. The number of rotatable bonds is 30. The summed E-state index contributed by atoms with van der Waals surface area (Å²) in [4.78, 5) is 42.6. The SMILES string of the molecule is COCCOCCOCCOCC[N+]1=C(C=C(C)C=C2N(CCCCCC(=O)ON3C(=O)CCC3=O)c3ccc(S(=O)(=O)[O-])cc3C2(C)CCOC)C(C)(CCCS(=O)(=O)[O-])c2cc(S(=O)(=O)[O-])ccc21. The molecule has 3 heterocycles. The van der Waals surface area contributed by atoms with Crippen molar-refractivity contribution in [2.45, 2.75) is 99.2 Å². The van der Waals surface area contributed by atoms with Crippen molar-refractivity contribution in [2.24, 2.45) is 0 Å². The van der Waals surface area contributed by atoms with E-state index < -0.39 is 74.5 Å². The third-order valence-corrected chi connectivity index (χ3v) is 15.2. The van der Waals surface area contributed by atoms with Gasteiger partial charge >= 0.3 is 5.97 Å². The number of nitrogens with zero attached hydrogens (tertiary/aromatic N) is 3. The second-order valence-electron chi connectivity index (χ2n) is 17.8. The van der Waals surface area contributed by atoms with Gasteiger partial charge in [-0.1, -0.05) is 6.42 Å². The fraction of sp³-hybridized carbons (Fsp3) is 0.574. The first-order chi connectivity index (χ1) is 33.4. The summed E-state index contributed by atoms with van der Waals surface area (Å²) >= 11 is 0. The fourth-order valence-corrected chi connectivity index (χ4v) is 10.5. The highest BCUT2D eigenvalue weighted by Gasteiger charge is 2.49. The molecule has 0 aromatic heterocycles. The van der Waals surface area contributed by atoms with E-state index in [4.69, 9.17) is 28.5 Å². The zero-order chi connectivity index (χ0) is 52.2. The van der Waals surface area contributed by atoms with Crippen molar-refractivity contribution < 1.29 is 86.4 Å². The van der Waals surface area contributed by atoms with Crippen LogP contribution < -0.4 is 4.90 Å². The number of ether oxygens (including phenoxy) is 5. The van der Waals surface area contributed by atoms with Crippen molar-refractivity contribution in [1.29, 1.82) is 0 Å². The standard InChI is InChI=1S/C47H65N3O18S3/c1-34(30-41-46(2,17-9-29-69(54,55)56)37-32-35(70(57,58)59)12-14-40(37)49(41)20-22-65-25-26-67-28-27-66-24-23-64-5)31-42-47(3,18-21-63-4)38-33-36(71(60,61)62)11-13-39(38)48(42)19-8-6-7-10-45(53)68-50-43(51)15-16-44(50)52/h11-14,30-33H,6-10,15-29H2,1-5H3,(H2-,54,55,56,57,58,59,60,61,62)/p-2. The lowest BCUT2D eigenvalue weighted by atomic mass is 9.75. The van der Waals surface area contributed by atoms with Crippen molar-refractivity contribution >= 4 is 65.2 Å². The Kier molecular flexibility index (Phi) is 20.2. The van der Waals surface area contributed by atoms with Gasteiger partial charge < -0.3 is 47.1 Å². The van der Waals surface area contributed by atoms with Crippen LogP contribution >= 0.6 is 0 Å². The van der Waals surface area contributed by atoms with Gasteiger partial charge in [-0.05, 0) is 100 Å². The molecule has 0 spiro atoms. The van der Waals surface area contributed by atoms with Crippen LogP contribution in [0.3, 0.4) is 0 Å². The number of hydroxylamine groups is 2. The Labute approximate surface area is 415 Å². The molecular weight excluding hydrogens is 991 g/mol. The number of imide groups is 1. The predicted molar refractivity (Wildman–Crippen MR) is 253 cm³/mol. The van der Waals surface area contributed by atoms with Crippen LogP contribution in [-0.2, 0) is 84.1 Å². The van der Waals surface area contributed by atoms with Crippen LogP contribution in [0, 0.1) is 0 Å². The van der Waals surface area contributed by atoms with Crippen LogP contribution in [0.4, 0.5) is 11.4 Å². The summed E-state index contributed by atoms with van der Waals surface area (Å²) in [6.07, 6.45) is 5.22. The highest BCUT2D eigenvalue weighted by molar-refractivity contribution is 7.86. The summed E-state index contributed by atoms with van der Waals surface area (Å²) in [5.41, 5.74) is 1.87. The Morgan fingerprint density at radius 3 is 1.89 bits per heavy atom. The van der Waals surface area contributed by atoms with Gasteiger partial charge in [-0.15, -0.1) is 5.06 Å². The number of carbonyl (C=O) groups excluding carboxylic acids is 3. The number of hydrogen-bond donors (Lipinski definition) is 0. The van der Waals surface area contributed by atoms with E-state index in [2.05, 4.69) is 0 Å². The number of hydrogen-bond acceptors (Lipinski definition) is 19. The molecule has 24 heteroatoms. The average molecular weight is 1050 g/mol. The quantitative estimate of drug-likeness (QED) is 0.0466. The lowest BCUT2D eigenvalue weighted by molar-refractivity contribution is -0.442. The monoisotopic (exact) mass is 1050 g/mol. The third kappa shape index (κ3) is 15.1. The number of methoxy groups -OCH3 is 2. The first-order valence-electron chi connectivity index (χ1n) is 23.2. The normalized spacial score (nSPS) is 20.2. The van der Waals surface area contributed by atoms with Crippen molar-refractivity contribution in [3.63, 3.8) is 0 Å². The molecule has 2 unspecified atom stereocenters. The van der Waals surface area contributed by atoms with Gasteiger partial charge in [0.05, 0.1) is 65.0 Å². The molecule has 394 valence electrons. The first kappa shape index (κ1) is 57.4. The maximum Gasteiger partial charge on any atom is 0.333 e. The maximum absolute atomic E-state index is 12.6. The molecule has 0 bridgehead atoms. The summed E-state index contributed by atoms with van der Waals surface area (Å²) in [6.45, 7) is 8.49. The van der Waals surface area contributed by atoms with Gasteiger partial charge in [0.2, 0.25) is 5.69 Å². The van der Waals surface area contributed by atoms with Gasteiger partial charge in [-0.25, -0.2) is 30.0 Å². The molecular formula is C47H63N3O18S3-2. The molecule has 0 radical (unpaired) electrons. The lowest BCUT2D eigenvalue weighted by Crippen LogP contribution is -2.33. The molecule has 2 amide bonds. The van der Waals surface area contributed by atoms with Crippen LogP contribution in [0.5, 0.6) is 0 Å². The van der Waals surface area contributed by atoms with E-state index >= 15 is 0 Å². The minimum Gasteiger partial charge on any atom is -0.748 e. The number of unbranched alkanes of at least 4 members (excludes halogenated alkanes) is 2. The largest absolute Gasteiger partial charge is 0.748 e. The Bertz CT molecular complexity index is 2690. The van der Waals surface area contributed by atoms with Gasteiger partial charge in [0, 0.05) is 86.9 Å². The predicted octanol–water partition coefficient (Wildman–Crippen LogP) is 3.68. The number of carbonyl (C=O) groups is 3. The number of fused-ring (bicyclic) bond motifs is 2. The van der Waals surface area contributed by atoms with Crippen LogP contribution in [0.1, 0.15) is 89.7 Å². The lowest BCUT2D eigenvalue weighted by Gasteiger charge is -2.31. The van der Waals surface area contributed by atoms with Gasteiger partial charge in [0.25, 0.3) is 11.8 Å². The van der Waals surface area contributed by atoms with E-state index in [1.165, 1.54) is 37.4 Å². The number of amides is 2. The van der Waals surface area contributed by atoms with Gasteiger partial charge in [0.1, 0.15) is 26.8 Å². The van der Waals surface area contributed by atoms with Gasteiger partial charge in [0.15, 0.2) is 12.3 Å². The molecule has 5 rings (SSSR count). The molecule has 2 aromatic carbocycles. The number of benzene rings is 2. The molecule has 3 aliphatic rings. The molecule has 0 N–H and O–H groups in total. The molecule has 2 atom stereocenters. The minimum absolute atomic E-state index is 0.0337. The van der Waals surface area contributed by atoms with Crippen LogP contribution in [0.2, 0.25) is 0 Å². The van der Waals surface area contributed by atoms with E-state index in [1.807, 2.05) is 35.5 Å². The number of anilines is 1. The Morgan fingerprint density at radius 2 is 1.30 bits per heavy atom. The summed E-state index contributed by atoms with van der Waals surface area (Å²) in [7, 11) is -11.4. The molecule has 71 heavy (non-hydrogen) atoms.